The minimum Gasteiger partial charge on any atom is -0.491 e. The number of carbonyl (C=O) groups is 2. The van der Waals surface area contributed by atoms with Crippen molar-refractivity contribution in [2.24, 2.45) is 0 Å². The standard InChI is InChI=1S/C36H36N2O4/c1-22(2)42-30-17-14-27(15-18-30)24(4)37-35(39)29-16-19-34-33(20-29)23(3)25(5)38(34)21-26-10-12-28(13-11-26)31-8-6-7-9-32(31)36(40)41/h6-20,22,24H,21H2,1-5H3,(H,37,39)(H,40,41)/t24-/m0/s1. The van der Waals surface area contributed by atoms with Crippen LogP contribution in [0.25, 0.3) is 22.0 Å². The first-order valence-electron chi connectivity index (χ1n) is 14.2. The van der Waals surface area contributed by atoms with Gasteiger partial charge in [0.05, 0.1) is 17.7 Å². The Morgan fingerprint density at radius 1 is 0.881 bits per heavy atom. The van der Waals surface area contributed by atoms with Gasteiger partial charge in [-0.25, -0.2) is 4.79 Å². The number of rotatable bonds is 9. The highest BCUT2D eigenvalue weighted by atomic mass is 16.5. The van der Waals surface area contributed by atoms with Gasteiger partial charge in [-0.2, -0.15) is 0 Å². The smallest absolute Gasteiger partial charge is 0.336 e. The number of carboxylic acids is 1. The maximum absolute atomic E-state index is 13.2. The molecule has 0 fully saturated rings. The van der Waals surface area contributed by atoms with Crippen LogP contribution in [0, 0.1) is 13.8 Å². The second-order valence-electron chi connectivity index (χ2n) is 11.0. The highest BCUT2D eigenvalue weighted by molar-refractivity contribution is 5.99. The minimum absolute atomic E-state index is 0.110. The number of carboxylic acid groups (broad SMARTS) is 1. The zero-order valence-corrected chi connectivity index (χ0v) is 24.6. The Morgan fingerprint density at radius 2 is 1.57 bits per heavy atom. The Bertz CT molecular complexity index is 1750. The number of amides is 1. The fourth-order valence-electron chi connectivity index (χ4n) is 5.36. The lowest BCUT2D eigenvalue weighted by atomic mass is 9.99. The number of aryl methyl sites for hydroxylation is 1. The fraction of sp³-hybridized carbons (Fsp3) is 0.222. The van der Waals surface area contributed by atoms with Crippen molar-refractivity contribution in [2.75, 3.05) is 0 Å². The van der Waals surface area contributed by atoms with E-state index in [2.05, 4.69) is 23.7 Å². The van der Waals surface area contributed by atoms with Crippen molar-refractivity contribution in [3.8, 4) is 16.9 Å². The second-order valence-corrected chi connectivity index (χ2v) is 11.0. The van der Waals surface area contributed by atoms with E-state index in [0.717, 1.165) is 44.6 Å². The molecule has 1 atom stereocenters. The van der Waals surface area contributed by atoms with E-state index < -0.39 is 5.97 Å². The highest BCUT2D eigenvalue weighted by Crippen LogP contribution is 2.29. The van der Waals surface area contributed by atoms with Crippen molar-refractivity contribution in [1.82, 2.24) is 9.88 Å². The molecule has 214 valence electrons. The molecule has 5 rings (SSSR count). The average molecular weight is 561 g/mol. The Labute approximate surface area is 246 Å². The maximum atomic E-state index is 13.2. The Morgan fingerprint density at radius 3 is 2.24 bits per heavy atom. The van der Waals surface area contributed by atoms with E-state index >= 15 is 0 Å². The van der Waals surface area contributed by atoms with Crippen LogP contribution in [0.2, 0.25) is 0 Å². The van der Waals surface area contributed by atoms with E-state index in [0.29, 0.717) is 17.7 Å². The maximum Gasteiger partial charge on any atom is 0.336 e. The normalized spacial score (nSPS) is 12.0. The van der Waals surface area contributed by atoms with Gasteiger partial charge in [0.15, 0.2) is 0 Å². The second kappa shape index (κ2) is 12.0. The van der Waals surface area contributed by atoms with E-state index in [4.69, 9.17) is 4.74 Å². The third-order valence-corrected chi connectivity index (χ3v) is 7.76. The molecule has 5 aromatic rings. The van der Waals surface area contributed by atoms with Crippen LogP contribution in [0.4, 0.5) is 0 Å². The third kappa shape index (κ3) is 5.93. The summed E-state index contributed by atoms with van der Waals surface area (Å²) >= 11 is 0. The van der Waals surface area contributed by atoms with Gasteiger partial charge in [-0.15, -0.1) is 0 Å². The first-order valence-corrected chi connectivity index (χ1v) is 14.2. The van der Waals surface area contributed by atoms with Crippen LogP contribution in [0.5, 0.6) is 5.75 Å². The van der Waals surface area contributed by atoms with Gasteiger partial charge in [0.1, 0.15) is 5.75 Å². The summed E-state index contributed by atoms with van der Waals surface area (Å²) in [4.78, 5) is 24.9. The number of hydrogen-bond acceptors (Lipinski definition) is 3. The van der Waals surface area contributed by atoms with E-state index in [1.165, 1.54) is 0 Å². The molecule has 0 bridgehead atoms. The van der Waals surface area contributed by atoms with Crippen molar-refractivity contribution in [3.05, 3.63) is 125 Å². The van der Waals surface area contributed by atoms with Crippen LogP contribution < -0.4 is 10.1 Å². The molecule has 0 aliphatic carbocycles. The topological polar surface area (TPSA) is 80.6 Å². The van der Waals surface area contributed by atoms with Crippen molar-refractivity contribution in [1.29, 1.82) is 0 Å². The Hall–Kier alpha value is -4.84. The summed E-state index contributed by atoms with van der Waals surface area (Å²) < 4.78 is 7.99. The molecule has 0 saturated carbocycles. The van der Waals surface area contributed by atoms with Crippen LogP contribution in [-0.2, 0) is 6.54 Å². The zero-order chi connectivity index (χ0) is 30.0. The lowest BCUT2D eigenvalue weighted by molar-refractivity contribution is 0.0697. The van der Waals surface area contributed by atoms with E-state index in [-0.39, 0.29) is 23.6 Å². The molecule has 6 heteroatoms. The molecule has 6 nitrogen and oxygen atoms in total. The molecule has 0 aliphatic rings. The predicted octanol–water partition coefficient (Wildman–Crippen LogP) is 7.95. The van der Waals surface area contributed by atoms with Crippen LogP contribution in [0.15, 0.2) is 91.0 Å². The number of ether oxygens (including phenoxy) is 1. The van der Waals surface area contributed by atoms with Crippen LogP contribution in [-0.4, -0.2) is 27.7 Å². The lowest BCUT2D eigenvalue weighted by Crippen LogP contribution is -2.26. The lowest BCUT2D eigenvalue weighted by Gasteiger charge is -2.16. The van der Waals surface area contributed by atoms with Gasteiger partial charge in [0, 0.05) is 28.7 Å². The number of carbonyl (C=O) groups excluding carboxylic acids is 1. The quantitative estimate of drug-likeness (QED) is 0.192. The van der Waals surface area contributed by atoms with E-state index in [9.17, 15) is 14.7 Å². The van der Waals surface area contributed by atoms with Gasteiger partial charge in [-0.1, -0.05) is 54.6 Å². The molecule has 0 aliphatic heterocycles. The summed E-state index contributed by atoms with van der Waals surface area (Å²) in [6, 6.07) is 28.6. The molecular formula is C36H36N2O4. The molecule has 2 N–H and O–H groups in total. The van der Waals surface area contributed by atoms with Crippen LogP contribution >= 0.6 is 0 Å². The molecule has 0 radical (unpaired) electrons. The summed E-state index contributed by atoms with van der Waals surface area (Å²) in [6.45, 7) is 10.8. The van der Waals surface area contributed by atoms with E-state index in [1.807, 2.05) is 99.6 Å². The largest absolute Gasteiger partial charge is 0.491 e. The number of hydrogen-bond donors (Lipinski definition) is 2. The van der Waals surface area contributed by atoms with Crippen LogP contribution in [0.1, 0.15) is 69.9 Å². The van der Waals surface area contributed by atoms with Crippen LogP contribution in [0.3, 0.4) is 0 Å². The molecule has 0 spiro atoms. The van der Waals surface area contributed by atoms with Crippen molar-refractivity contribution >= 4 is 22.8 Å². The van der Waals surface area contributed by atoms with Gasteiger partial charge in [-0.3, -0.25) is 4.79 Å². The summed E-state index contributed by atoms with van der Waals surface area (Å²) in [5.41, 5.74) is 7.94. The van der Waals surface area contributed by atoms with Gasteiger partial charge < -0.3 is 19.7 Å². The molecule has 4 aromatic carbocycles. The molecule has 1 heterocycles. The number of fused-ring (bicyclic) bond motifs is 1. The molecule has 42 heavy (non-hydrogen) atoms. The molecule has 0 unspecified atom stereocenters. The monoisotopic (exact) mass is 560 g/mol. The molecule has 0 saturated heterocycles. The van der Waals surface area contributed by atoms with Crippen molar-refractivity contribution in [3.63, 3.8) is 0 Å². The van der Waals surface area contributed by atoms with Crippen molar-refractivity contribution < 1.29 is 19.4 Å². The fourth-order valence-corrected chi connectivity index (χ4v) is 5.36. The molecular weight excluding hydrogens is 524 g/mol. The molecule has 1 amide bonds. The number of benzene rings is 4. The van der Waals surface area contributed by atoms with Gasteiger partial charge >= 0.3 is 5.97 Å². The summed E-state index contributed by atoms with van der Waals surface area (Å²) in [5.74, 6) is -0.241. The van der Waals surface area contributed by atoms with Gasteiger partial charge in [-0.05, 0) is 98.8 Å². The Kier molecular flexibility index (Phi) is 8.16. The number of nitrogens with zero attached hydrogens (tertiary/aromatic N) is 1. The first kappa shape index (κ1) is 28.7. The minimum atomic E-state index is -0.937. The molecule has 1 aromatic heterocycles. The zero-order valence-electron chi connectivity index (χ0n) is 24.6. The summed E-state index contributed by atoms with van der Waals surface area (Å²) in [7, 11) is 0. The number of nitrogens with one attached hydrogen (secondary N) is 1. The predicted molar refractivity (Wildman–Crippen MR) is 167 cm³/mol. The van der Waals surface area contributed by atoms with Crippen molar-refractivity contribution in [2.45, 2.75) is 53.3 Å². The first-order chi connectivity index (χ1) is 20.1. The Balaban J connectivity index is 1.34. The third-order valence-electron chi connectivity index (χ3n) is 7.76. The number of aromatic carboxylic acids is 1. The number of aromatic nitrogens is 1. The summed E-state index contributed by atoms with van der Waals surface area (Å²) in [6.07, 6.45) is 0.110. The SMILES string of the molecule is Cc1c(C)n(Cc2ccc(-c3ccccc3C(=O)O)cc2)c2ccc(C(=O)N[C@@H](C)c3ccc(OC(C)C)cc3)cc12. The summed E-state index contributed by atoms with van der Waals surface area (Å²) in [5, 5.41) is 13.7. The average Bonchev–Trinajstić information content (AvgIpc) is 3.21. The highest BCUT2D eigenvalue weighted by Gasteiger charge is 2.17. The van der Waals surface area contributed by atoms with Gasteiger partial charge in [0.2, 0.25) is 0 Å². The van der Waals surface area contributed by atoms with Gasteiger partial charge in [0.25, 0.3) is 5.91 Å². The van der Waals surface area contributed by atoms with E-state index in [1.54, 1.807) is 12.1 Å².